The van der Waals surface area contributed by atoms with Crippen molar-refractivity contribution in [2.75, 3.05) is 5.73 Å². The van der Waals surface area contributed by atoms with Crippen molar-refractivity contribution in [2.24, 2.45) is 0 Å². The Kier molecular flexibility index (Phi) is 4.06. The van der Waals surface area contributed by atoms with E-state index in [1.54, 1.807) is 12.1 Å². The summed E-state index contributed by atoms with van der Waals surface area (Å²) in [6.07, 6.45) is -3.89. The summed E-state index contributed by atoms with van der Waals surface area (Å²) in [6.45, 7) is 3.74. The molecule has 21 heavy (non-hydrogen) atoms. The Bertz CT molecular complexity index is 654. The van der Waals surface area contributed by atoms with E-state index in [4.69, 9.17) is 10.5 Å². The highest BCUT2D eigenvalue weighted by Gasteiger charge is 2.33. The lowest BCUT2D eigenvalue weighted by Gasteiger charge is -2.14. The SMILES string of the molecule is CCc1nc(C)ccc1Oc1ccc(N)c(C(F)(F)F)c1. The maximum absolute atomic E-state index is 12.8. The number of ether oxygens (including phenoxy) is 1. The van der Waals surface area contributed by atoms with Gasteiger partial charge in [0, 0.05) is 11.4 Å². The molecule has 1 heterocycles. The van der Waals surface area contributed by atoms with Crippen molar-refractivity contribution in [3.63, 3.8) is 0 Å². The van der Waals surface area contributed by atoms with Gasteiger partial charge in [-0.3, -0.25) is 4.98 Å². The van der Waals surface area contributed by atoms with Crippen molar-refractivity contribution in [3.8, 4) is 11.5 Å². The summed E-state index contributed by atoms with van der Waals surface area (Å²) in [5.74, 6) is 0.526. The van der Waals surface area contributed by atoms with Gasteiger partial charge in [0.2, 0.25) is 0 Å². The first kappa shape index (κ1) is 15.2. The largest absolute Gasteiger partial charge is 0.455 e. The molecule has 0 aliphatic rings. The van der Waals surface area contributed by atoms with E-state index in [-0.39, 0.29) is 11.4 Å². The van der Waals surface area contributed by atoms with E-state index < -0.39 is 11.7 Å². The van der Waals surface area contributed by atoms with Gasteiger partial charge in [-0.05, 0) is 43.7 Å². The van der Waals surface area contributed by atoms with E-state index in [0.29, 0.717) is 17.9 Å². The normalized spacial score (nSPS) is 11.5. The summed E-state index contributed by atoms with van der Waals surface area (Å²) < 4.78 is 44.0. The smallest absolute Gasteiger partial charge is 0.418 e. The monoisotopic (exact) mass is 296 g/mol. The molecule has 0 bridgehead atoms. The Hall–Kier alpha value is -2.24. The number of nitrogens with zero attached hydrogens (tertiary/aromatic N) is 1. The average Bonchev–Trinajstić information content (AvgIpc) is 2.41. The van der Waals surface area contributed by atoms with Crippen LogP contribution in [0, 0.1) is 6.92 Å². The van der Waals surface area contributed by atoms with E-state index in [9.17, 15) is 13.2 Å². The second kappa shape index (κ2) is 5.63. The molecule has 0 saturated heterocycles. The summed E-state index contributed by atoms with van der Waals surface area (Å²) in [5.41, 5.74) is 5.65. The number of hydrogen-bond donors (Lipinski definition) is 1. The van der Waals surface area contributed by atoms with E-state index in [1.807, 2.05) is 13.8 Å². The number of nitrogens with two attached hydrogens (primary N) is 1. The number of anilines is 1. The molecule has 0 unspecified atom stereocenters. The molecular weight excluding hydrogens is 281 g/mol. The van der Waals surface area contributed by atoms with Gasteiger partial charge >= 0.3 is 6.18 Å². The molecular formula is C15H15F3N2O. The van der Waals surface area contributed by atoms with Gasteiger partial charge in [-0.2, -0.15) is 13.2 Å². The Labute approximate surface area is 120 Å². The second-order valence-electron chi connectivity index (χ2n) is 4.60. The molecule has 6 heteroatoms. The van der Waals surface area contributed by atoms with Crippen LogP contribution in [0.15, 0.2) is 30.3 Å². The Morgan fingerprint density at radius 1 is 1.19 bits per heavy atom. The Balaban J connectivity index is 2.37. The third-order valence-electron chi connectivity index (χ3n) is 2.96. The summed E-state index contributed by atoms with van der Waals surface area (Å²) in [6, 6.07) is 6.94. The number of alkyl halides is 3. The van der Waals surface area contributed by atoms with Gasteiger partial charge in [-0.25, -0.2) is 0 Å². The number of nitrogen functional groups attached to an aromatic ring is 1. The quantitative estimate of drug-likeness (QED) is 0.857. The van der Waals surface area contributed by atoms with E-state index in [2.05, 4.69) is 4.98 Å². The minimum Gasteiger partial charge on any atom is -0.455 e. The molecule has 1 aromatic heterocycles. The van der Waals surface area contributed by atoms with Crippen molar-refractivity contribution in [3.05, 3.63) is 47.3 Å². The number of aryl methyl sites for hydroxylation is 2. The van der Waals surface area contributed by atoms with Crippen LogP contribution in [0.2, 0.25) is 0 Å². The highest BCUT2D eigenvalue weighted by atomic mass is 19.4. The molecule has 2 rings (SSSR count). The fraction of sp³-hybridized carbons (Fsp3) is 0.267. The van der Waals surface area contributed by atoms with Crippen LogP contribution in [0.3, 0.4) is 0 Å². The topological polar surface area (TPSA) is 48.1 Å². The molecule has 1 aromatic carbocycles. The molecule has 0 atom stereocenters. The molecule has 0 aliphatic heterocycles. The van der Waals surface area contributed by atoms with Crippen LogP contribution >= 0.6 is 0 Å². The zero-order chi connectivity index (χ0) is 15.6. The maximum Gasteiger partial charge on any atom is 0.418 e. The summed E-state index contributed by atoms with van der Waals surface area (Å²) in [4.78, 5) is 4.30. The third-order valence-corrected chi connectivity index (χ3v) is 2.96. The summed E-state index contributed by atoms with van der Waals surface area (Å²) in [5, 5.41) is 0. The fourth-order valence-electron chi connectivity index (χ4n) is 1.92. The average molecular weight is 296 g/mol. The van der Waals surface area contributed by atoms with Crippen LogP contribution in [-0.2, 0) is 12.6 Å². The van der Waals surface area contributed by atoms with Crippen LogP contribution < -0.4 is 10.5 Å². The number of benzene rings is 1. The number of hydrogen-bond acceptors (Lipinski definition) is 3. The van der Waals surface area contributed by atoms with Crippen molar-refractivity contribution < 1.29 is 17.9 Å². The van der Waals surface area contributed by atoms with E-state index in [0.717, 1.165) is 11.8 Å². The third kappa shape index (κ3) is 3.45. The van der Waals surface area contributed by atoms with Crippen LogP contribution in [0.1, 0.15) is 23.9 Å². The molecule has 0 fully saturated rings. The number of rotatable bonds is 3. The van der Waals surface area contributed by atoms with Crippen molar-refractivity contribution >= 4 is 5.69 Å². The first-order valence-electron chi connectivity index (χ1n) is 6.42. The summed E-state index contributed by atoms with van der Waals surface area (Å²) in [7, 11) is 0. The van der Waals surface area contributed by atoms with Crippen LogP contribution in [0.5, 0.6) is 11.5 Å². The lowest BCUT2D eigenvalue weighted by Crippen LogP contribution is -2.09. The zero-order valence-electron chi connectivity index (χ0n) is 11.7. The Morgan fingerprint density at radius 3 is 2.52 bits per heavy atom. The van der Waals surface area contributed by atoms with Crippen molar-refractivity contribution in [1.82, 2.24) is 4.98 Å². The van der Waals surface area contributed by atoms with Crippen LogP contribution in [0.25, 0.3) is 0 Å². The van der Waals surface area contributed by atoms with Gasteiger partial charge in [0.15, 0.2) is 0 Å². The minimum atomic E-state index is -4.51. The van der Waals surface area contributed by atoms with Gasteiger partial charge in [0.25, 0.3) is 0 Å². The number of pyridine rings is 1. The van der Waals surface area contributed by atoms with Gasteiger partial charge in [0.05, 0.1) is 11.3 Å². The maximum atomic E-state index is 12.8. The minimum absolute atomic E-state index is 0.0804. The molecule has 0 amide bonds. The predicted molar refractivity (Wildman–Crippen MR) is 74.3 cm³/mol. The van der Waals surface area contributed by atoms with Crippen molar-refractivity contribution in [2.45, 2.75) is 26.4 Å². The molecule has 0 saturated carbocycles. The molecule has 0 spiro atoms. The van der Waals surface area contributed by atoms with Crippen LogP contribution in [0.4, 0.5) is 18.9 Å². The van der Waals surface area contributed by atoms with E-state index in [1.165, 1.54) is 12.1 Å². The predicted octanol–water partition coefficient (Wildman–Crippen LogP) is 4.35. The van der Waals surface area contributed by atoms with E-state index >= 15 is 0 Å². The van der Waals surface area contributed by atoms with Crippen LogP contribution in [-0.4, -0.2) is 4.98 Å². The number of aromatic nitrogens is 1. The zero-order valence-corrected chi connectivity index (χ0v) is 11.7. The van der Waals surface area contributed by atoms with Gasteiger partial charge in [-0.15, -0.1) is 0 Å². The van der Waals surface area contributed by atoms with Gasteiger partial charge < -0.3 is 10.5 Å². The van der Waals surface area contributed by atoms with Gasteiger partial charge in [0.1, 0.15) is 11.5 Å². The highest BCUT2D eigenvalue weighted by Crippen LogP contribution is 2.37. The lowest BCUT2D eigenvalue weighted by molar-refractivity contribution is -0.137. The second-order valence-corrected chi connectivity index (χ2v) is 4.60. The summed E-state index contributed by atoms with van der Waals surface area (Å²) >= 11 is 0. The molecule has 112 valence electrons. The molecule has 2 aromatic rings. The fourth-order valence-corrected chi connectivity index (χ4v) is 1.92. The Morgan fingerprint density at radius 2 is 1.90 bits per heavy atom. The highest BCUT2D eigenvalue weighted by molar-refractivity contribution is 5.52. The molecule has 0 radical (unpaired) electrons. The molecule has 3 nitrogen and oxygen atoms in total. The first-order valence-corrected chi connectivity index (χ1v) is 6.42. The first-order chi connectivity index (χ1) is 9.81. The van der Waals surface area contributed by atoms with Gasteiger partial charge in [-0.1, -0.05) is 6.92 Å². The molecule has 2 N–H and O–H groups in total. The van der Waals surface area contributed by atoms with Crippen molar-refractivity contribution in [1.29, 1.82) is 0 Å². The number of halogens is 3. The standard InChI is InChI=1S/C15H15F3N2O/c1-3-13-14(7-4-9(2)20-13)21-10-5-6-12(19)11(8-10)15(16,17)18/h4-8H,3,19H2,1-2H3. The lowest BCUT2D eigenvalue weighted by atomic mass is 10.1. The molecule has 0 aliphatic carbocycles.